The van der Waals surface area contributed by atoms with Crippen LogP contribution in [0.4, 0.5) is 13.2 Å². The summed E-state index contributed by atoms with van der Waals surface area (Å²) < 4.78 is 62.8. The summed E-state index contributed by atoms with van der Waals surface area (Å²) in [6.07, 6.45) is -4.59. The van der Waals surface area contributed by atoms with Gasteiger partial charge in [0.25, 0.3) is 0 Å². The highest BCUT2D eigenvalue weighted by molar-refractivity contribution is 7.89. The first-order valence-corrected chi connectivity index (χ1v) is 6.88. The van der Waals surface area contributed by atoms with Crippen molar-refractivity contribution in [3.8, 4) is 0 Å². The van der Waals surface area contributed by atoms with E-state index in [-0.39, 0.29) is 0 Å². The highest BCUT2D eigenvalue weighted by Crippen LogP contribution is 2.22. The van der Waals surface area contributed by atoms with Gasteiger partial charge >= 0.3 is 12.1 Å². The Morgan fingerprint density at radius 1 is 1.55 bits per heavy atom. The third-order valence-corrected chi connectivity index (χ3v) is 3.70. The van der Waals surface area contributed by atoms with E-state index in [1.54, 1.807) is 6.92 Å². The summed E-state index contributed by atoms with van der Waals surface area (Å²) in [6.45, 7) is 2.04. The van der Waals surface area contributed by atoms with Crippen molar-refractivity contribution >= 4 is 16.0 Å². The summed E-state index contributed by atoms with van der Waals surface area (Å²) in [5, 5.41) is 12.3. The van der Waals surface area contributed by atoms with E-state index >= 15 is 0 Å². The Kier molecular flexibility index (Phi) is 4.76. The third kappa shape index (κ3) is 4.49. The van der Waals surface area contributed by atoms with Crippen molar-refractivity contribution in [1.29, 1.82) is 0 Å². The molecule has 1 atom stereocenters. The van der Waals surface area contributed by atoms with E-state index in [0.717, 1.165) is 12.4 Å². The number of aryl methyl sites for hydroxylation is 1. The minimum Gasteiger partial charge on any atom is -0.480 e. The molecule has 20 heavy (non-hydrogen) atoms. The summed E-state index contributed by atoms with van der Waals surface area (Å²) in [7, 11) is -4.38. The van der Waals surface area contributed by atoms with Gasteiger partial charge in [0.2, 0.25) is 10.0 Å². The van der Waals surface area contributed by atoms with Crippen LogP contribution in [0.2, 0.25) is 0 Å². The number of sulfonamides is 1. The van der Waals surface area contributed by atoms with Crippen LogP contribution in [0.15, 0.2) is 17.3 Å². The van der Waals surface area contributed by atoms with Crippen molar-refractivity contribution in [2.24, 2.45) is 0 Å². The minimum atomic E-state index is -4.81. The number of carboxylic acids is 1. The molecule has 0 amide bonds. The van der Waals surface area contributed by atoms with E-state index in [0.29, 0.717) is 6.54 Å². The van der Waals surface area contributed by atoms with Gasteiger partial charge in [-0.1, -0.05) is 0 Å². The molecular formula is C9H12F3N3O4S. The molecule has 0 aliphatic carbocycles. The first kappa shape index (κ1) is 16.4. The minimum absolute atomic E-state index is 0.362. The number of alkyl halides is 3. The van der Waals surface area contributed by atoms with Gasteiger partial charge < -0.3 is 5.11 Å². The number of rotatable bonds is 6. The number of aliphatic carboxylic acids is 1. The number of carboxylic acid groups (broad SMARTS) is 1. The predicted molar refractivity (Wildman–Crippen MR) is 60.3 cm³/mol. The standard InChI is InChI=1S/C9H12F3N3O4S/c1-2-15-5-6(4-13-15)20(18,19)14-7(8(16)17)3-9(10,11)12/h4-5,7,14H,2-3H2,1H3,(H,16,17). The van der Waals surface area contributed by atoms with Crippen LogP contribution < -0.4 is 4.72 Å². The van der Waals surface area contributed by atoms with Crippen molar-refractivity contribution in [3.05, 3.63) is 12.4 Å². The van der Waals surface area contributed by atoms with Crippen LogP contribution in [0, 0.1) is 0 Å². The molecule has 11 heteroatoms. The van der Waals surface area contributed by atoms with Crippen LogP contribution in [-0.2, 0) is 21.4 Å². The lowest BCUT2D eigenvalue weighted by Crippen LogP contribution is -2.43. The molecule has 0 saturated heterocycles. The molecule has 2 N–H and O–H groups in total. The van der Waals surface area contributed by atoms with Gasteiger partial charge in [0, 0.05) is 12.7 Å². The maximum atomic E-state index is 12.2. The van der Waals surface area contributed by atoms with Gasteiger partial charge in [-0.2, -0.15) is 23.0 Å². The Balaban J connectivity index is 2.94. The van der Waals surface area contributed by atoms with Crippen molar-refractivity contribution < 1.29 is 31.5 Å². The number of nitrogens with one attached hydrogen (secondary N) is 1. The Morgan fingerprint density at radius 2 is 2.15 bits per heavy atom. The van der Waals surface area contributed by atoms with Gasteiger partial charge in [0.15, 0.2) is 0 Å². The highest BCUT2D eigenvalue weighted by Gasteiger charge is 2.38. The van der Waals surface area contributed by atoms with Crippen LogP contribution in [0.25, 0.3) is 0 Å². The first-order valence-electron chi connectivity index (χ1n) is 5.39. The quantitative estimate of drug-likeness (QED) is 0.800. The maximum Gasteiger partial charge on any atom is 0.391 e. The van der Waals surface area contributed by atoms with Gasteiger partial charge in [0.05, 0.1) is 12.6 Å². The second kappa shape index (κ2) is 5.79. The Bertz CT molecular complexity index is 582. The Hall–Kier alpha value is -1.62. The lowest BCUT2D eigenvalue weighted by atomic mass is 10.2. The number of hydrogen-bond acceptors (Lipinski definition) is 4. The molecule has 7 nitrogen and oxygen atoms in total. The molecule has 0 aliphatic heterocycles. The fourth-order valence-electron chi connectivity index (χ4n) is 1.32. The molecule has 0 aliphatic rings. The van der Waals surface area contributed by atoms with Gasteiger partial charge in [0.1, 0.15) is 10.9 Å². The molecular weight excluding hydrogens is 303 g/mol. The summed E-state index contributed by atoms with van der Waals surface area (Å²) >= 11 is 0. The molecule has 1 aromatic rings. The van der Waals surface area contributed by atoms with Gasteiger partial charge in [-0.3, -0.25) is 9.48 Å². The third-order valence-electron chi connectivity index (χ3n) is 2.27. The Morgan fingerprint density at radius 3 is 2.55 bits per heavy atom. The van der Waals surface area contributed by atoms with E-state index in [2.05, 4.69) is 5.10 Å². The predicted octanol–water partition coefficient (Wildman–Crippen LogP) is 0.587. The van der Waals surface area contributed by atoms with Crippen LogP contribution in [0.3, 0.4) is 0 Å². The number of hydrogen-bond donors (Lipinski definition) is 2. The van der Waals surface area contributed by atoms with Gasteiger partial charge in [-0.15, -0.1) is 0 Å². The maximum absolute atomic E-state index is 12.2. The summed E-state index contributed by atoms with van der Waals surface area (Å²) in [4.78, 5) is 10.3. The summed E-state index contributed by atoms with van der Waals surface area (Å²) in [6, 6.07) is -2.29. The largest absolute Gasteiger partial charge is 0.480 e. The second-order valence-corrected chi connectivity index (χ2v) is 5.58. The zero-order valence-electron chi connectivity index (χ0n) is 10.3. The number of carbonyl (C=O) groups is 1. The molecule has 0 radical (unpaired) electrons. The van der Waals surface area contributed by atoms with E-state index in [1.807, 2.05) is 0 Å². The number of halogens is 3. The zero-order chi connectivity index (χ0) is 15.6. The average molecular weight is 315 g/mol. The zero-order valence-corrected chi connectivity index (χ0v) is 11.1. The van der Waals surface area contributed by atoms with Crippen LogP contribution in [-0.4, -0.2) is 41.5 Å². The van der Waals surface area contributed by atoms with E-state index in [9.17, 15) is 26.4 Å². The molecule has 0 bridgehead atoms. The van der Waals surface area contributed by atoms with Crippen molar-refractivity contribution in [1.82, 2.24) is 14.5 Å². The summed E-state index contributed by atoms with van der Waals surface area (Å²) in [5.74, 6) is -1.91. The number of nitrogens with zero attached hydrogens (tertiary/aromatic N) is 2. The van der Waals surface area contributed by atoms with E-state index in [4.69, 9.17) is 5.11 Å². The average Bonchev–Trinajstić information content (AvgIpc) is 2.74. The van der Waals surface area contributed by atoms with E-state index < -0.39 is 39.5 Å². The van der Waals surface area contributed by atoms with Crippen LogP contribution >= 0.6 is 0 Å². The fourth-order valence-corrected chi connectivity index (χ4v) is 2.46. The van der Waals surface area contributed by atoms with Crippen molar-refractivity contribution in [2.45, 2.75) is 37.0 Å². The molecule has 0 saturated carbocycles. The second-order valence-electron chi connectivity index (χ2n) is 3.86. The molecule has 1 aromatic heterocycles. The van der Waals surface area contributed by atoms with E-state index in [1.165, 1.54) is 9.40 Å². The monoisotopic (exact) mass is 315 g/mol. The SMILES string of the molecule is CCn1cc(S(=O)(=O)NC(CC(F)(F)F)C(=O)O)cn1. The molecule has 0 spiro atoms. The molecule has 1 heterocycles. The summed E-state index contributed by atoms with van der Waals surface area (Å²) in [5.41, 5.74) is 0. The smallest absolute Gasteiger partial charge is 0.391 e. The normalized spacial score (nSPS) is 14.2. The molecule has 0 aromatic carbocycles. The molecule has 1 rings (SSSR count). The lowest BCUT2D eigenvalue weighted by Gasteiger charge is -2.15. The first-order chi connectivity index (χ1) is 9.05. The van der Waals surface area contributed by atoms with Crippen molar-refractivity contribution in [3.63, 3.8) is 0 Å². The highest BCUT2D eigenvalue weighted by atomic mass is 32.2. The lowest BCUT2D eigenvalue weighted by molar-refractivity contribution is -0.157. The molecule has 0 fully saturated rings. The topological polar surface area (TPSA) is 101 Å². The van der Waals surface area contributed by atoms with Crippen LogP contribution in [0.5, 0.6) is 0 Å². The molecule has 114 valence electrons. The van der Waals surface area contributed by atoms with Crippen molar-refractivity contribution in [2.75, 3.05) is 0 Å². The van der Waals surface area contributed by atoms with Gasteiger partial charge in [-0.05, 0) is 6.92 Å². The Labute approximate surface area is 112 Å². The number of aromatic nitrogens is 2. The van der Waals surface area contributed by atoms with Crippen LogP contribution in [0.1, 0.15) is 13.3 Å². The fraction of sp³-hybridized carbons (Fsp3) is 0.556. The molecule has 1 unspecified atom stereocenters. The van der Waals surface area contributed by atoms with Gasteiger partial charge in [-0.25, -0.2) is 8.42 Å².